The fraction of sp³-hybridized carbons (Fsp3) is 0.462. The van der Waals surface area contributed by atoms with Crippen LogP contribution in [0.15, 0.2) is 23.1 Å². The number of aryl methyl sites for hydroxylation is 1. The summed E-state index contributed by atoms with van der Waals surface area (Å²) in [6.07, 6.45) is 2.38. The molecule has 1 aromatic rings. The highest BCUT2D eigenvalue weighted by atomic mass is 32.2. The zero-order chi connectivity index (χ0) is 13.1. The van der Waals surface area contributed by atoms with Gasteiger partial charge >= 0.3 is 0 Å². The molecule has 4 nitrogen and oxygen atoms in total. The van der Waals surface area contributed by atoms with Crippen molar-refractivity contribution < 1.29 is 9.00 Å². The van der Waals surface area contributed by atoms with Crippen molar-refractivity contribution in [3.8, 4) is 0 Å². The lowest BCUT2D eigenvalue weighted by Gasteiger charge is -2.07. The van der Waals surface area contributed by atoms with Crippen molar-refractivity contribution >= 4 is 22.4 Å². The molecular formula is C13H18N2O2S. The summed E-state index contributed by atoms with van der Waals surface area (Å²) in [5, 5.41) is 2.81. The average molecular weight is 266 g/mol. The molecule has 0 spiro atoms. The second-order valence-corrected chi connectivity index (χ2v) is 6.20. The first kappa shape index (κ1) is 13.1. The van der Waals surface area contributed by atoms with Crippen LogP contribution in [0.3, 0.4) is 0 Å². The largest absolute Gasteiger partial charge is 0.398 e. The van der Waals surface area contributed by atoms with Gasteiger partial charge < -0.3 is 11.1 Å². The Hall–Kier alpha value is -1.36. The Morgan fingerprint density at radius 3 is 2.89 bits per heavy atom. The molecule has 1 aliphatic rings. The molecule has 1 aromatic carbocycles. The summed E-state index contributed by atoms with van der Waals surface area (Å²) in [5.74, 6) is 0.452. The zero-order valence-electron chi connectivity index (χ0n) is 10.4. The van der Waals surface area contributed by atoms with Crippen LogP contribution in [-0.4, -0.2) is 22.4 Å². The van der Waals surface area contributed by atoms with E-state index in [4.69, 9.17) is 5.73 Å². The number of hydrogen-bond acceptors (Lipinski definition) is 3. The number of nitrogens with one attached hydrogen (secondary N) is 1. The summed E-state index contributed by atoms with van der Waals surface area (Å²) < 4.78 is 12.1. The molecule has 0 radical (unpaired) electrons. The normalized spacial score (nSPS) is 16.3. The fourth-order valence-electron chi connectivity index (χ4n) is 1.67. The number of hydrogen-bond donors (Lipinski definition) is 2. The van der Waals surface area contributed by atoms with Gasteiger partial charge in [0.25, 0.3) is 0 Å². The van der Waals surface area contributed by atoms with Gasteiger partial charge in [-0.1, -0.05) is 6.07 Å². The monoisotopic (exact) mass is 266 g/mol. The maximum Gasteiger partial charge on any atom is 0.233 e. The van der Waals surface area contributed by atoms with Gasteiger partial charge in [-0.25, -0.2) is 0 Å². The van der Waals surface area contributed by atoms with Crippen molar-refractivity contribution in [2.75, 3.05) is 18.0 Å². The molecule has 0 bridgehead atoms. The third-order valence-corrected chi connectivity index (χ3v) is 4.33. The van der Waals surface area contributed by atoms with Crippen LogP contribution in [0.4, 0.5) is 5.69 Å². The van der Waals surface area contributed by atoms with Gasteiger partial charge in [0.05, 0.1) is 15.7 Å². The van der Waals surface area contributed by atoms with Crippen molar-refractivity contribution in [2.24, 2.45) is 5.92 Å². The van der Waals surface area contributed by atoms with Gasteiger partial charge in [-0.3, -0.25) is 9.00 Å². The number of rotatable bonds is 5. The van der Waals surface area contributed by atoms with E-state index < -0.39 is 10.8 Å². The highest BCUT2D eigenvalue weighted by molar-refractivity contribution is 7.86. The standard InChI is InChI=1S/C13H18N2O2S/c1-9-2-5-11(14)12(6-9)18(17)8-13(16)15-7-10-3-4-10/h2,5-6,10H,3-4,7-8,14H2,1H3,(H,15,16). The molecule has 1 aliphatic carbocycles. The molecule has 0 aromatic heterocycles. The van der Waals surface area contributed by atoms with Crippen LogP contribution in [0.5, 0.6) is 0 Å². The van der Waals surface area contributed by atoms with Crippen molar-refractivity contribution in [3.05, 3.63) is 23.8 Å². The van der Waals surface area contributed by atoms with E-state index in [1.807, 2.05) is 13.0 Å². The SMILES string of the molecule is Cc1ccc(N)c(S(=O)CC(=O)NCC2CC2)c1. The molecule has 2 rings (SSSR count). The quantitative estimate of drug-likeness (QED) is 0.787. The summed E-state index contributed by atoms with van der Waals surface area (Å²) in [4.78, 5) is 12.2. The van der Waals surface area contributed by atoms with Gasteiger partial charge in [0.1, 0.15) is 5.75 Å². The Kier molecular flexibility index (Phi) is 4.01. The zero-order valence-corrected chi connectivity index (χ0v) is 11.3. The second-order valence-electron chi connectivity index (χ2n) is 4.78. The van der Waals surface area contributed by atoms with Crippen LogP contribution < -0.4 is 11.1 Å². The van der Waals surface area contributed by atoms with Crippen LogP contribution >= 0.6 is 0 Å². The Morgan fingerprint density at radius 1 is 1.50 bits per heavy atom. The molecule has 98 valence electrons. The fourth-order valence-corrected chi connectivity index (χ4v) is 2.81. The number of nitrogens with two attached hydrogens (primary N) is 1. The third kappa shape index (κ3) is 3.57. The lowest BCUT2D eigenvalue weighted by Crippen LogP contribution is -2.30. The van der Waals surface area contributed by atoms with Gasteiger partial charge in [0.15, 0.2) is 0 Å². The molecular weight excluding hydrogens is 248 g/mol. The number of carbonyl (C=O) groups excluding carboxylic acids is 1. The topological polar surface area (TPSA) is 72.2 Å². The van der Waals surface area contributed by atoms with Crippen molar-refractivity contribution in [1.82, 2.24) is 5.32 Å². The van der Waals surface area contributed by atoms with Crippen molar-refractivity contribution in [1.29, 1.82) is 0 Å². The predicted molar refractivity (Wildman–Crippen MR) is 72.6 cm³/mol. The molecule has 1 saturated carbocycles. The Labute approximate surface area is 109 Å². The van der Waals surface area contributed by atoms with Crippen LogP contribution in [0.2, 0.25) is 0 Å². The average Bonchev–Trinajstić information content (AvgIpc) is 3.13. The summed E-state index contributed by atoms with van der Waals surface area (Å²) in [7, 11) is -1.37. The number of anilines is 1. The first-order chi connectivity index (χ1) is 8.56. The van der Waals surface area contributed by atoms with Crippen LogP contribution in [-0.2, 0) is 15.6 Å². The molecule has 3 N–H and O–H groups in total. The molecule has 0 aliphatic heterocycles. The van der Waals surface area contributed by atoms with E-state index >= 15 is 0 Å². The Bertz CT molecular complexity index is 484. The Morgan fingerprint density at radius 2 is 2.22 bits per heavy atom. The van der Waals surface area contributed by atoms with Crippen molar-refractivity contribution in [3.63, 3.8) is 0 Å². The van der Waals surface area contributed by atoms with E-state index in [2.05, 4.69) is 5.32 Å². The smallest absolute Gasteiger partial charge is 0.233 e. The van der Waals surface area contributed by atoms with Crippen LogP contribution in [0.25, 0.3) is 0 Å². The number of carbonyl (C=O) groups is 1. The molecule has 18 heavy (non-hydrogen) atoms. The molecule has 5 heteroatoms. The minimum atomic E-state index is -1.37. The minimum absolute atomic E-state index is 0.0135. The maximum absolute atomic E-state index is 12.1. The van der Waals surface area contributed by atoms with E-state index in [0.29, 0.717) is 23.0 Å². The summed E-state index contributed by atoms with van der Waals surface area (Å²) in [6.45, 7) is 2.62. The predicted octanol–water partition coefficient (Wildman–Crippen LogP) is 1.21. The highest BCUT2D eigenvalue weighted by Gasteiger charge is 2.22. The Balaban J connectivity index is 1.93. The van der Waals surface area contributed by atoms with E-state index in [-0.39, 0.29) is 11.7 Å². The van der Waals surface area contributed by atoms with Gasteiger partial charge in [0.2, 0.25) is 5.91 Å². The highest BCUT2D eigenvalue weighted by Crippen LogP contribution is 2.27. The molecule has 1 fully saturated rings. The van der Waals surface area contributed by atoms with E-state index in [1.54, 1.807) is 12.1 Å². The molecule has 1 amide bonds. The lowest BCUT2D eigenvalue weighted by atomic mass is 10.2. The summed E-state index contributed by atoms with van der Waals surface area (Å²) in [5.41, 5.74) is 7.25. The molecule has 1 unspecified atom stereocenters. The van der Waals surface area contributed by atoms with E-state index in [1.165, 1.54) is 12.8 Å². The molecule has 0 heterocycles. The third-order valence-electron chi connectivity index (χ3n) is 2.96. The van der Waals surface area contributed by atoms with Crippen molar-refractivity contribution in [2.45, 2.75) is 24.7 Å². The summed E-state index contributed by atoms with van der Waals surface area (Å²) in [6, 6.07) is 5.37. The van der Waals surface area contributed by atoms with Crippen LogP contribution in [0, 0.1) is 12.8 Å². The summed E-state index contributed by atoms with van der Waals surface area (Å²) >= 11 is 0. The van der Waals surface area contributed by atoms with E-state index in [0.717, 1.165) is 5.56 Å². The second kappa shape index (κ2) is 5.52. The lowest BCUT2D eigenvalue weighted by molar-refractivity contribution is -0.118. The molecule has 1 atom stereocenters. The van der Waals surface area contributed by atoms with Gasteiger partial charge in [-0.05, 0) is 43.4 Å². The van der Waals surface area contributed by atoms with Gasteiger partial charge in [-0.2, -0.15) is 0 Å². The first-order valence-electron chi connectivity index (χ1n) is 6.07. The number of nitrogen functional groups attached to an aromatic ring is 1. The van der Waals surface area contributed by atoms with Gasteiger partial charge in [0, 0.05) is 12.2 Å². The van der Waals surface area contributed by atoms with Crippen LogP contribution in [0.1, 0.15) is 18.4 Å². The van der Waals surface area contributed by atoms with E-state index in [9.17, 15) is 9.00 Å². The van der Waals surface area contributed by atoms with Gasteiger partial charge in [-0.15, -0.1) is 0 Å². The minimum Gasteiger partial charge on any atom is -0.398 e. The number of amides is 1. The first-order valence-corrected chi connectivity index (χ1v) is 7.39. The maximum atomic E-state index is 12.1. The number of benzene rings is 1. The molecule has 0 saturated heterocycles.